The molecule has 0 radical (unpaired) electrons. The van der Waals surface area contributed by atoms with Gasteiger partial charge in [0.15, 0.2) is 6.54 Å². The summed E-state index contributed by atoms with van der Waals surface area (Å²) in [5.74, 6) is 0.0330. The molecule has 0 saturated carbocycles. The van der Waals surface area contributed by atoms with Crippen LogP contribution in [0, 0.1) is 11.3 Å². The van der Waals surface area contributed by atoms with Gasteiger partial charge in [0.1, 0.15) is 12.4 Å². The highest BCUT2D eigenvalue weighted by Crippen LogP contribution is 2.05. The lowest BCUT2D eigenvalue weighted by Crippen LogP contribution is -3.00. The first kappa shape index (κ1) is 14.1. The molecular weight excluding hydrogens is 294 g/mol. The van der Waals surface area contributed by atoms with Crippen LogP contribution in [-0.4, -0.2) is 10.4 Å². The SMILES string of the molecule is C[n+]1ccn(CC(=O)c2ccc(C#N)cc2)c1.[Br-]. The van der Waals surface area contributed by atoms with Crippen LogP contribution in [0.5, 0.6) is 0 Å². The summed E-state index contributed by atoms with van der Waals surface area (Å²) >= 11 is 0. The number of benzene rings is 1. The van der Waals surface area contributed by atoms with Gasteiger partial charge in [-0.1, -0.05) is 0 Å². The van der Waals surface area contributed by atoms with Crippen molar-refractivity contribution in [3.8, 4) is 6.07 Å². The number of imidazole rings is 1. The van der Waals surface area contributed by atoms with Crippen molar-refractivity contribution in [3.05, 3.63) is 54.1 Å². The molecule has 0 amide bonds. The van der Waals surface area contributed by atoms with Gasteiger partial charge in [-0.25, -0.2) is 9.13 Å². The highest BCUT2D eigenvalue weighted by atomic mass is 79.9. The monoisotopic (exact) mass is 305 g/mol. The molecule has 0 saturated heterocycles. The Bertz CT molecular complexity index is 581. The van der Waals surface area contributed by atoms with Crippen molar-refractivity contribution in [1.29, 1.82) is 5.26 Å². The van der Waals surface area contributed by atoms with E-state index in [9.17, 15) is 4.79 Å². The van der Waals surface area contributed by atoms with Crippen molar-refractivity contribution in [1.82, 2.24) is 4.57 Å². The fraction of sp³-hybridized carbons (Fsp3) is 0.154. The Balaban J connectivity index is 0.00000162. The van der Waals surface area contributed by atoms with Gasteiger partial charge in [0.2, 0.25) is 12.1 Å². The van der Waals surface area contributed by atoms with Crippen molar-refractivity contribution in [2.75, 3.05) is 0 Å². The van der Waals surface area contributed by atoms with Gasteiger partial charge in [0, 0.05) is 5.56 Å². The van der Waals surface area contributed by atoms with Crippen molar-refractivity contribution < 1.29 is 26.3 Å². The number of ketones is 1. The minimum atomic E-state index is 0. The zero-order valence-electron chi connectivity index (χ0n) is 9.88. The minimum Gasteiger partial charge on any atom is -1.00 e. The molecule has 92 valence electrons. The highest BCUT2D eigenvalue weighted by Gasteiger charge is 2.10. The van der Waals surface area contributed by atoms with Crippen LogP contribution < -0.4 is 21.5 Å². The molecule has 0 aliphatic carbocycles. The van der Waals surface area contributed by atoms with Gasteiger partial charge in [-0.3, -0.25) is 4.79 Å². The molecule has 0 spiro atoms. The van der Waals surface area contributed by atoms with E-state index in [4.69, 9.17) is 5.26 Å². The fourth-order valence-corrected chi connectivity index (χ4v) is 1.58. The van der Waals surface area contributed by atoms with E-state index < -0.39 is 0 Å². The summed E-state index contributed by atoms with van der Waals surface area (Å²) in [6, 6.07) is 8.71. The fourth-order valence-electron chi connectivity index (χ4n) is 1.58. The van der Waals surface area contributed by atoms with E-state index in [1.165, 1.54) is 0 Å². The third kappa shape index (κ3) is 3.28. The Morgan fingerprint density at radius 1 is 1.39 bits per heavy atom. The van der Waals surface area contributed by atoms with Crippen LogP contribution in [0.25, 0.3) is 0 Å². The molecule has 4 nitrogen and oxygen atoms in total. The second-order valence-corrected chi connectivity index (χ2v) is 3.86. The van der Waals surface area contributed by atoms with Crippen LogP contribution >= 0.6 is 0 Å². The van der Waals surface area contributed by atoms with Crippen LogP contribution in [0.15, 0.2) is 43.0 Å². The Hall–Kier alpha value is -1.93. The summed E-state index contributed by atoms with van der Waals surface area (Å²) in [5, 5.41) is 8.66. The molecular formula is C13H12BrN3O. The molecule has 1 heterocycles. The summed E-state index contributed by atoms with van der Waals surface area (Å²) in [6.45, 7) is 0.312. The standard InChI is InChI=1S/C13H12N3O.BrH/c1-15-6-7-16(10-15)9-13(17)12-4-2-11(8-14)3-5-12;/h2-7,10H,9H2,1H3;1H/q+1;/p-1. The first-order chi connectivity index (χ1) is 8.19. The van der Waals surface area contributed by atoms with E-state index >= 15 is 0 Å². The quantitative estimate of drug-likeness (QED) is 0.490. The minimum absolute atomic E-state index is 0. The number of nitriles is 1. The zero-order chi connectivity index (χ0) is 12.3. The molecule has 0 atom stereocenters. The second kappa shape index (κ2) is 6.12. The Kier molecular flexibility index (Phi) is 4.81. The largest absolute Gasteiger partial charge is 1.00 e. The van der Waals surface area contributed by atoms with E-state index in [1.54, 1.807) is 24.3 Å². The summed E-state index contributed by atoms with van der Waals surface area (Å²) in [7, 11) is 1.91. The molecule has 0 unspecified atom stereocenters. The smallest absolute Gasteiger partial charge is 0.243 e. The summed E-state index contributed by atoms with van der Waals surface area (Å²) in [4.78, 5) is 11.9. The molecule has 2 rings (SSSR count). The number of aryl methyl sites for hydroxylation is 1. The second-order valence-electron chi connectivity index (χ2n) is 3.86. The number of carbonyl (C=O) groups is 1. The molecule has 0 N–H and O–H groups in total. The average molecular weight is 306 g/mol. The first-order valence-corrected chi connectivity index (χ1v) is 5.23. The normalized spacial score (nSPS) is 9.33. The Labute approximate surface area is 116 Å². The molecule has 5 heteroatoms. The number of Topliss-reactive ketones (excluding diaryl/α,β-unsaturated/α-hetero) is 1. The number of hydrogen-bond donors (Lipinski definition) is 0. The predicted molar refractivity (Wildman–Crippen MR) is 61.1 cm³/mol. The molecule has 18 heavy (non-hydrogen) atoms. The van der Waals surface area contributed by atoms with Crippen LogP contribution in [0.2, 0.25) is 0 Å². The maximum atomic E-state index is 11.9. The number of carbonyl (C=O) groups excluding carboxylic acids is 1. The first-order valence-electron chi connectivity index (χ1n) is 5.23. The van der Waals surface area contributed by atoms with Crippen molar-refractivity contribution in [3.63, 3.8) is 0 Å². The summed E-state index contributed by atoms with van der Waals surface area (Å²) < 4.78 is 3.70. The lowest BCUT2D eigenvalue weighted by Gasteiger charge is -1.98. The number of nitrogens with zero attached hydrogens (tertiary/aromatic N) is 3. The maximum absolute atomic E-state index is 11.9. The molecule has 0 bridgehead atoms. The predicted octanol–water partition coefficient (Wildman–Crippen LogP) is -1.93. The Morgan fingerprint density at radius 2 is 2.06 bits per heavy atom. The molecule has 0 aliphatic rings. The number of halogens is 1. The van der Waals surface area contributed by atoms with Crippen molar-refractivity contribution >= 4 is 5.78 Å². The van der Waals surface area contributed by atoms with Gasteiger partial charge in [-0.2, -0.15) is 5.26 Å². The lowest BCUT2D eigenvalue weighted by molar-refractivity contribution is -0.671. The zero-order valence-corrected chi connectivity index (χ0v) is 11.5. The van der Waals surface area contributed by atoms with Gasteiger partial charge < -0.3 is 17.0 Å². The van der Waals surface area contributed by atoms with Crippen LogP contribution in [0.1, 0.15) is 15.9 Å². The number of hydrogen-bond acceptors (Lipinski definition) is 2. The van der Waals surface area contributed by atoms with Crippen molar-refractivity contribution in [2.24, 2.45) is 7.05 Å². The van der Waals surface area contributed by atoms with Gasteiger partial charge in [0.25, 0.3) is 0 Å². The van der Waals surface area contributed by atoms with Crippen molar-refractivity contribution in [2.45, 2.75) is 6.54 Å². The average Bonchev–Trinajstić information content (AvgIpc) is 2.75. The van der Waals surface area contributed by atoms with E-state index in [-0.39, 0.29) is 22.8 Å². The van der Waals surface area contributed by atoms with Gasteiger partial charge in [-0.05, 0) is 24.3 Å². The molecule has 0 aliphatic heterocycles. The van der Waals surface area contributed by atoms with E-state index in [2.05, 4.69) is 0 Å². The number of rotatable bonds is 3. The van der Waals surface area contributed by atoms with E-state index in [0.29, 0.717) is 17.7 Å². The van der Waals surface area contributed by atoms with Gasteiger partial charge in [0.05, 0.1) is 18.7 Å². The third-order valence-corrected chi connectivity index (χ3v) is 2.49. The van der Waals surface area contributed by atoms with Gasteiger partial charge >= 0.3 is 0 Å². The Morgan fingerprint density at radius 3 is 2.56 bits per heavy atom. The molecule has 1 aromatic heterocycles. The van der Waals surface area contributed by atoms with Crippen LogP contribution in [-0.2, 0) is 13.6 Å². The summed E-state index contributed by atoms with van der Waals surface area (Å²) in [5.41, 5.74) is 1.19. The molecule has 0 fully saturated rings. The highest BCUT2D eigenvalue weighted by molar-refractivity contribution is 5.95. The van der Waals surface area contributed by atoms with Crippen LogP contribution in [0.3, 0.4) is 0 Å². The topological polar surface area (TPSA) is 49.7 Å². The van der Waals surface area contributed by atoms with Crippen LogP contribution in [0.4, 0.5) is 0 Å². The van der Waals surface area contributed by atoms with E-state index in [1.807, 2.05) is 41.0 Å². The molecule has 2 aromatic rings. The van der Waals surface area contributed by atoms with E-state index in [0.717, 1.165) is 0 Å². The van der Waals surface area contributed by atoms with Gasteiger partial charge in [-0.15, -0.1) is 0 Å². The molecule has 1 aromatic carbocycles. The number of aromatic nitrogens is 2. The third-order valence-electron chi connectivity index (χ3n) is 2.49. The summed E-state index contributed by atoms with van der Waals surface area (Å²) in [6.07, 6.45) is 5.58. The lowest BCUT2D eigenvalue weighted by atomic mass is 10.1. The maximum Gasteiger partial charge on any atom is 0.243 e.